The van der Waals surface area contributed by atoms with E-state index in [9.17, 15) is 13.2 Å². The van der Waals surface area contributed by atoms with Crippen molar-refractivity contribution in [1.29, 1.82) is 0 Å². The number of hydrogen-bond donors (Lipinski definition) is 2. The van der Waals surface area contributed by atoms with Crippen LogP contribution in [0, 0.1) is 5.41 Å². The Morgan fingerprint density at radius 3 is 2.16 bits per heavy atom. The van der Waals surface area contributed by atoms with Gasteiger partial charge in [0.25, 0.3) is 0 Å². The summed E-state index contributed by atoms with van der Waals surface area (Å²) < 4.78 is 25.8. The first-order chi connectivity index (χ1) is 8.68. The third-order valence-electron chi connectivity index (χ3n) is 2.51. The number of sulfonamides is 1. The van der Waals surface area contributed by atoms with Gasteiger partial charge in [-0.1, -0.05) is 32.9 Å². The molecule has 0 aromatic heterocycles. The Bertz CT molecular complexity index is 541. The monoisotopic (exact) mass is 285 g/mol. The van der Waals surface area contributed by atoms with Crippen molar-refractivity contribution in [2.45, 2.75) is 25.7 Å². The van der Waals surface area contributed by atoms with Gasteiger partial charge >= 0.3 is 0 Å². The van der Waals surface area contributed by atoms with E-state index >= 15 is 0 Å². The Kier molecular flexibility index (Phi) is 4.84. The molecule has 0 heterocycles. The molecular weight excluding hydrogens is 266 g/mol. The number of ketones is 1. The average molecular weight is 285 g/mol. The molecule has 0 fully saturated rings. The summed E-state index contributed by atoms with van der Waals surface area (Å²) in [6.07, 6.45) is 0. The molecule has 0 bridgehead atoms. The Morgan fingerprint density at radius 2 is 1.74 bits per heavy atom. The minimum absolute atomic E-state index is 0.0367. The Hall–Kier alpha value is -1.24. The van der Waals surface area contributed by atoms with Crippen LogP contribution in [-0.4, -0.2) is 32.5 Å². The summed E-state index contributed by atoms with van der Waals surface area (Å²) in [5.41, 5.74) is -0.0242. The molecule has 0 unspecified atom stereocenters. The van der Waals surface area contributed by atoms with Crippen molar-refractivity contribution < 1.29 is 18.3 Å². The molecule has 2 N–H and O–H groups in total. The van der Waals surface area contributed by atoms with Crippen molar-refractivity contribution in [3.05, 3.63) is 29.8 Å². The van der Waals surface area contributed by atoms with Crippen LogP contribution >= 0.6 is 0 Å². The molecule has 6 heteroatoms. The molecule has 0 saturated carbocycles. The molecule has 0 radical (unpaired) electrons. The lowest BCUT2D eigenvalue weighted by Crippen LogP contribution is -2.26. The maximum atomic E-state index is 12.0. The molecule has 0 spiro atoms. The molecule has 0 aliphatic carbocycles. The smallest absolute Gasteiger partial charge is 0.240 e. The predicted molar refractivity (Wildman–Crippen MR) is 72.5 cm³/mol. The van der Waals surface area contributed by atoms with Crippen molar-refractivity contribution >= 4 is 15.8 Å². The third kappa shape index (κ3) is 4.12. The quantitative estimate of drug-likeness (QED) is 0.796. The minimum Gasteiger partial charge on any atom is -0.395 e. The fraction of sp³-hybridized carbons (Fsp3) is 0.462. The van der Waals surface area contributed by atoms with Gasteiger partial charge in [0.15, 0.2) is 5.78 Å². The van der Waals surface area contributed by atoms with Gasteiger partial charge in [-0.2, -0.15) is 0 Å². The molecule has 0 saturated heterocycles. The molecule has 0 atom stereocenters. The van der Waals surface area contributed by atoms with Gasteiger partial charge in [-0.15, -0.1) is 0 Å². The highest BCUT2D eigenvalue weighted by Crippen LogP contribution is 2.21. The zero-order valence-corrected chi connectivity index (χ0v) is 12.1. The molecule has 106 valence electrons. The van der Waals surface area contributed by atoms with Crippen LogP contribution in [-0.2, 0) is 10.0 Å². The largest absolute Gasteiger partial charge is 0.395 e. The summed E-state index contributed by atoms with van der Waals surface area (Å²) >= 11 is 0. The second kappa shape index (κ2) is 5.81. The van der Waals surface area contributed by atoms with E-state index in [-0.39, 0.29) is 23.8 Å². The summed E-state index contributed by atoms with van der Waals surface area (Å²) in [7, 11) is -3.62. The van der Waals surface area contributed by atoms with Crippen LogP contribution in [0.1, 0.15) is 31.1 Å². The van der Waals surface area contributed by atoms with Crippen molar-refractivity contribution in [2.75, 3.05) is 13.2 Å². The van der Waals surface area contributed by atoms with Crippen LogP contribution in [0.4, 0.5) is 0 Å². The van der Waals surface area contributed by atoms with Crippen LogP contribution < -0.4 is 4.72 Å². The highest BCUT2D eigenvalue weighted by Gasteiger charge is 2.23. The van der Waals surface area contributed by atoms with E-state index in [2.05, 4.69) is 4.72 Å². The van der Waals surface area contributed by atoms with E-state index in [4.69, 9.17) is 5.11 Å². The third-order valence-corrected chi connectivity index (χ3v) is 3.99. The van der Waals surface area contributed by atoms with E-state index in [0.29, 0.717) is 5.56 Å². The van der Waals surface area contributed by atoms with Gasteiger partial charge in [-0.05, 0) is 12.1 Å². The number of rotatable bonds is 5. The fourth-order valence-electron chi connectivity index (χ4n) is 1.48. The van der Waals surface area contributed by atoms with Crippen LogP contribution in [0.5, 0.6) is 0 Å². The highest BCUT2D eigenvalue weighted by molar-refractivity contribution is 7.89. The standard InChI is InChI=1S/C13H19NO4S/c1-13(2,3)12(16)10-4-6-11(7-5-10)19(17,18)14-8-9-15/h4-7,14-15H,8-9H2,1-3H3. The summed E-state index contributed by atoms with van der Waals surface area (Å²) in [4.78, 5) is 12.1. The molecule has 19 heavy (non-hydrogen) atoms. The number of aliphatic hydroxyl groups is 1. The number of carbonyl (C=O) groups is 1. The van der Waals surface area contributed by atoms with Gasteiger partial charge in [0.05, 0.1) is 11.5 Å². The summed E-state index contributed by atoms with van der Waals surface area (Å²) in [5, 5.41) is 8.61. The second-order valence-electron chi connectivity index (χ2n) is 5.22. The van der Waals surface area contributed by atoms with E-state index < -0.39 is 15.4 Å². The minimum atomic E-state index is -3.62. The SMILES string of the molecule is CC(C)(C)C(=O)c1ccc(S(=O)(=O)NCCO)cc1. The van der Waals surface area contributed by atoms with Gasteiger partial charge in [-0.3, -0.25) is 4.79 Å². The normalized spacial score (nSPS) is 12.4. The van der Waals surface area contributed by atoms with Gasteiger partial charge in [0.2, 0.25) is 10.0 Å². The van der Waals surface area contributed by atoms with Gasteiger partial charge in [-0.25, -0.2) is 13.1 Å². The molecule has 0 aliphatic heterocycles. The Balaban J connectivity index is 2.97. The van der Waals surface area contributed by atoms with E-state index in [1.54, 1.807) is 0 Å². The second-order valence-corrected chi connectivity index (χ2v) is 6.99. The van der Waals surface area contributed by atoms with Gasteiger partial charge < -0.3 is 5.11 Å². The molecule has 1 rings (SSSR count). The van der Waals surface area contributed by atoms with Crippen LogP contribution in [0.15, 0.2) is 29.2 Å². The zero-order valence-electron chi connectivity index (χ0n) is 11.3. The van der Waals surface area contributed by atoms with Crippen LogP contribution in [0.2, 0.25) is 0 Å². The molecule has 0 aliphatic rings. The zero-order chi connectivity index (χ0) is 14.7. The number of aliphatic hydroxyl groups excluding tert-OH is 1. The van der Waals surface area contributed by atoms with Crippen LogP contribution in [0.25, 0.3) is 0 Å². The lowest BCUT2D eigenvalue weighted by Gasteiger charge is -2.16. The number of carbonyl (C=O) groups excluding carboxylic acids is 1. The first kappa shape index (κ1) is 15.8. The van der Waals surface area contributed by atoms with Gasteiger partial charge in [0, 0.05) is 17.5 Å². The lowest BCUT2D eigenvalue weighted by atomic mass is 9.87. The van der Waals surface area contributed by atoms with Crippen molar-refractivity contribution in [3.63, 3.8) is 0 Å². The average Bonchev–Trinajstić information content (AvgIpc) is 2.34. The van der Waals surface area contributed by atoms with Crippen molar-refractivity contribution in [2.24, 2.45) is 5.41 Å². The topological polar surface area (TPSA) is 83.5 Å². The van der Waals surface area contributed by atoms with Crippen LogP contribution in [0.3, 0.4) is 0 Å². The Morgan fingerprint density at radius 1 is 1.21 bits per heavy atom. The molecule has 0 amide bonds. The maximum Gasteiger partial charge on any atom is 0.240 e. The van der Waals surface area contributed by atoms with Crippen molar-refractivity contribution in [3.8, 4) is 0 Å². The summed E-state index contributed by atoms with van der Waals surface area (Å²) in [5.74, 6) is -0.0419. The summed E-state index contributed by atoms with van der Waals surface area (Å²) in [6.45, 7) is 5.12. The fourth-order valence-corrected chi connectivity index (χ4v) is 2.50. The molecule has 1 aromatic rings. The number of benzene rings is 1. The number of nitrogens with one attached hydrogen (secondary N) is 1. The number of Topliss-reactive ketones (excluding diaryl/α,β-unsaturated/α-hetero) is 1. The maximum absolute atomic E-state index is 12.0. The highest BCUT2D eigenvalue weighted by atomic mass is 32.2. The van der Waals surface area contributed by atoms with E-state index in [1.807, 2.05) is 20.8 Å². The van der Waals surface area contributed by atoms with Crippen molar-refractivity contribution in [1.82, 2.24) is 4.72 Å². The van der Waals surface area contributed by atoms with Gasteiger partial charge in [0.1, 0.15) is 0 Å². The first-order valence-electron chi connectivity index (χ1n) is 5.94. The predicted octanol–water partition coefficient (Wildman–Crippen LogP) is 1.19. The molecule has 5 nitrogen and oxygen atoms in total. The summed E-state index contributed by atoms with van der Waals surface area (Å²) in [6, 6.07) is 5.78. The van der Waals surface area contributed by atoms with E-state index in [1.165, 1.54) is 24.3 Å². The molecule has 1 aromatic carbocycles. The van der Waals surface area contributed by atoms with E-state index in [0.717, 1.165) is 0 Å². The molecular formula is C13H19NO4S. The lowest BCUT2D eigenvalue weighted by molar-refractivity contribution is 0.0858. The first-order valence-corrected chi connectivity index (χ1v) is 7.42. The Labute approximate surface area is 113 Å². The number of hydrogen-bond acceptors (Lipinski definition) is 4.